The van der Waals surface area contributed by atoms with Crippen molar-refractivity contribution in [2.75, 3.05) is 19.8 Å². The topological polar surface area (TPSA) is 99.6 Å². The van der Waals surface area contributed by atoms with Gasteiger partial charge in [-0.1, -0.05) is 38.7 Å². The van der Waals surface area contributed by atoms with E-state index in [0.29, 0.717) is 24.3 Å². The van der Waals surface area contributed by atoms with E-state index in [1.165, 1.54) is 24.1 Å². The smallest absolute Gasteiger partial charge is 0.422 e. The second-order valence-electron chi connectivity index (χ2n) is 9.63. The number of benzene rings is 1. The van der Waals surface area contributed by atoms with Gasteiger partial charge in [-0.2, -0.15) is 13.2 Å². The maximum Gasteiger partial charge on any atom is 0.422 e. The maximum absolute atomic E-state index is 12.9. The number of rotatable bonds is 20. The van der Waals surface area contributed by atoms with Crippen molar-refractivity contribution in [1.29, 1.82) is 0 Å². The SMILES string of the molecule is CCCCCCCC(=O)N[C@@H](/C=C/P(=O)(OCC)OCC)Cc1ccc([OH+]Cc2cc(OCC(F)(F)F)ccn2)cc1. The van der Waals surface area contributed by atoms with Crippen molar-refractivity contribution in [3.63, 3.8) is 0 Å². The van der Waals surface area contributed by atoms with E-state index in [0.717, 1.165) is 37.7 Å². The van der Waals surface area contributed by atoms with E-state index < -0.39 is 26.4 Å². The Bertz CT molecular complexity index is 1130. The molecule has 0 radical (unpaired) electrons. The van der Waals surface area contributed by atoms with Gasteiger partial charge in [0.25, 0.3) is 5.75 Å². The Hall–Kier alpha value is -2.88. The van der Waals surface area contributed by atoms with Crippen LogP contribution in [0.5, 0.6) is 11.5 Å². The number of nitrogens with one attached hydrogen (secondary N) is 1. The highest BCUT2D eigenvalue weighted by Gasteiger charge is 2.28. The minimum atomic E-state index is -4.42. The van der Waals surface area contributed by atoms with Crippen molar-refractivity contribution in [1.82, 2.24) is 10.3 Å². The van der Waals surface area contributed by atoms with Gasteiger partial charge in [-0.15, -0.1) is 0 Å². The van der Waals surface area contributed by atoms with E-state index in [9.17, 15) is 22.5 Å². The first kappa shape index (κ1) is 35.3. The molecule has 2 rings (SSSR count). The number of carbonyl (C=O) groups excluding carboxylic acids is 1. The lowest BCUT2D eigenvalue weighted by Crippen LogP contribution is -2.34. The molecule has 1 aromatic carbocycles. The molecule has 0 spiro atoms. The van der Waals surface area contributed by atoms with Gasteiger partial charge in [-0.25, -0.2) is 0 Å². The van der Waals surface area contributed by atoms with Gasteiger partial charge in [-0.05, 0) is 50.5 Å². The van der Waals surface area contributed by atoms with Crippen LogP contribution in [0.1, 0.15) is 70.6 Å². The molecule has 12 heteroatoms. The Morgan fingerprint density at radius 3 is 2.38 bits per heavy atom. The first-order chi connectivity index (χ1) is 20.1. The summed E-state index contributed by atoms with van der Waals surface area (Å²) in [6.07, 6.45) is 4.67. The van der Waals surface area contributed by atoms with Crippen LogP contribution >= 0.6 is 7.60 Å². The molecular formula is C30H43F3N2O6P+. The van der Waals surface area contributed by atoms with Crippen LogP contribution in [0.4, 0.5) is 13.2 Å². The number of alkyl halides is 3. The number of aromatic nitrogens is 1. The fourth-order valence-corrected chi connectivity index (χ4v) is 5.37. The summed E-state index contributed by atoms with van der Waals surface area (Å²) in [6, 6.07) is 9.71. The summed E-state index contributed by atoms with van der Waals surface area (Å²) in [5.41, 5.74) is 1.38. The van der Waals surface area contributed by atoms with Gasteiger partial charge >= 0.3 is 13.8 Å². The van der Waals surface area contributed by atoms with Crippen LogP contribution in [-0.2, 0) is 31.4 Å². The van der Waals surface area contributed by atoms with Crippen LogP contribution in [0.3, 0.4) is 0 Å². The number of hydrogen-bond acceptors (Lipinski definition) is 6. The Morgan fingerprint density at radius 2 is 1.74 bits per heavy atom. The third-order valence-electron chi connectivity index (χ3n) is 5.98. The lowest BCUT2D eigenvalue weighted by molar-refractivity contribution is -0.153. The number of aliphatic hydroxyl groups is 1. The molecule has 1 amide bonds. The molecule has 2 aromatic rings. The third-order valence-corrected chi connectivity index (χ3v) is 7.75. The predicted octanol–water partition coefficient (Wildman–Crippen LogP) is 7.63. The van der Waals surface area contributed by atoms with E-state index in [-0.39, 0.29) is 31.5 Å². The van der Waals surface area contributed by atoms with Gasteiger partial charge in [0, 0.05) is 36.6 Å². The van der Waals surface area contributed by atoms with Crippen molar-refractivity contribution in [2.24, 2.45) is 0 Å². The number of carbonyl (C=O) groups is 1. The normalized spacial score (nSPS) is 12.8. The van der Waals surface area contributed by atoms with Gasteiger partial charge in [0.05, 0.1) is 19.3 Å². The van der Waals surface area contributed by atoms with Crippen LogP contribution in [0.2, 0.25) is 0 Å². The van der Waals surface area contributed by atoms with E-state index in [1.807, 2.05) is 12.1 Å². The standard InChI is InChI=1S/C30H42F3N2O6P/c1-4-7-8-9-10-11-29(36)35-25(17-19-42(37,40-5-2)41-6-3)20-24-12-14-27(15-13-24)38-22-26-21-28(16-18-34-26)39-23-30(31,32)33/h12-19,21,25H,4-11,20,22-23H2,1-3H3,(H,35,36)/p+1/b19-17+/t25-/m0/s1. The number of amides is 1. The van der Waals surface area contributed by atoms with E-state index >= 15 is 0 Å². The van der Waals surface area contributed by atoms with Crippen LogP contribution in [0.25, 0.3) is 0 Å². The minimum absolute atomic E-state index is 0.0724. The minimum Gasteiger partial charge on any atom is -0.578 e. The summed E-state index contributed by atoms with van der Waals surface area (Å²) >= 11 is 0. The molecule has 0 aliphatic rings. The number of aromatic hydroxyl groups is 1. The fraction of sp³-hybridized carbons (Fsp3) is 0.533. The van der Waals surface area contributed by atoms with Crippen molar-refractivity contribution in [2.45, 2.75) is 84.5 Å². The van der Waals surface area contributed by atoms with Crippen LogP contribution in [0.15, 0.2) is 54.5 Å². The fourth-order valence-electron chi connectivity index (χ4n) is 3.99. The lowest BCUT2D eigenvalue weighted by Gasteiger charge is -2.18. The van der Waals surface area contributed by atoms with Crippen molar-refractivity contribution < 1.29 is 41.1 Å². The lowest BCUT2D eigenvalue weighted by atomic mass is 10.1. The molecule has 1 aromatic heterocycles. The second kappa shape index (κ2) is 18.6. The average Bonchev–Trinajstić information content (AvgIpc) is 2.94. The number of halogens is 3. The summed E-state index contributed by atoms with van der Waals surface area (Å²) < 4.78 is 70.2. The molecule has 0 bridgehead atoms. The molecule has 0 unspecified atom stereocenters. The second-order valence-corrected chi connectivity index (χ2v) is 11.5. The Morgan fingerprint density at radius 1 is 1.05 bits per heavy atom. The highest BCUT2D eigenvalue weighted by molar-refractivity contribution is 7.57. The van der Waals surface area contributed by atoms with E-state index in [1.54, 1.807) is 32.1 Å². The summed E-state index contributed by atoms with van der Waals surface area (Å²) in [5.74, 6) is 2.06. The zero-order valence-electron chi connectivity index (χ0n) is 24.6. The molecule has 0 fully saturated rings. The number of unbranched alkanes of at least 4 members (excludes halogenated alkanes) is 4. The number of hydrogen-bond donors (Lipinski definition) is 1. The van der Waals surface area contributed by atoms with Gasteiger partial charge in [0.2, 0.25) is 12.5 Å². The summed E-state index contributed by atoms with van der Waals surface area (Å²) in [6.45, 7) is 4.84. The van der Waals surface area contributed by atoms with Crippen LogP contribution < -0.4 is 10.1 Å². The van der Waals surface area contributed by atoms with Gasteiger partial charge in [0.15, 0.2) is 6.61 Å². The molecule has 42 heavy (non-hydrogen) atoms. The summed E-state index contributed by atoms with van der Waals surface area (Å²) in [4.78, 5) is 16.8. The van der Waals surface area contributed by atoms with Gasteiger partial charge < -0.3 is 23.8 Å². The molecule has 0 saturated heterocycles. The van der Waals surface area contributed by atoms with Crippen molar-refractivity contribution in [3.8, 4) is 11.5 Å². The predicted molar refractivity (Wildman–Crippen MR) is 157 cm³/mol. The third kappa shape index (κ3) is 14.8. The largest absolute Gasteiger partial charge is 0.578 e. The zero-order chi connectivity index (χ0) is 30.8. The molecule has 0 saturated carbocycles. The van der Waals surface area contributed by atoms with E-state index in [4.69, 9.17) is 13.8 Å². The Balaban J connectivity index is 2.03. The monoisotopic (exact) mass is 615 g/mol. The quantitative estimate of drug-likeness (QED) is 0.0934. The molecule has 1 atom stereocenters. The van der Waals surface area contributed by atoms with Crippen LogP contribution in [0, 0.1) is 0 Å². The summed E-state index contributed by atoms with van der Waals surface area (Å²) in [7, 11) is -3.44. The van der Waals surface area contributed by atoms with Gasteiger partial charge in [0.1, 0.15) is 11.4 Å². The molecule has 234 valence electrons. The molecule has 0 aliphatic heterocycles. The highest BCUT2D eigenvalue weighted by atomic mass is 31.2. The highest BCUT2D eigenvalue weighted by Crippen LogP contribution is 2.49. The van der Waals surface area contributed by atoms with E-state index in [2.05, 4.69) is 22.0 Å². The maximum atomic E-state index is 12.9. The van der Waals surface area contributed by atoms with Crippen LogP contribution in [-0.4, -0.2) is 47.7 Å². The number of pyridine rings is 1. The number of ether oxygens (including phenoxy) is 2. The average molecular weight is 616 g/mol. The Labute approximate surface area is 246 Å². The molecule has 0 aliphatic carbocycles. The zero-order valence-corrected chi connectivity index (χ0v) is 25.5. The first-order valence-corrected chi connectivity index (χ1v) is 16.0. The molecular weight excluding hydrogens is 572 g/mol. The molecule has 1 heterocycles. The van der Waals surface area contributed by atoms with Crippen molar-refractivity contribution >= 4 is 13.5 Å². The first-order valence-electron chi connectivity index (χ1n) is 14.3. The van der Waals surface area contributed by atoms with Crippen molar-refractivity contribution in [3.05, 3.63) is 65.7 Å². The molecule has 8 nitrogen and oxygen atoms in total. The molecule has 2 N–H and O–H groups in total. The Kier molecular flexibility index (Phi) is 15.7. The van der Waals surface area contributed by atoms with Gasteiger partial charge in [-0.3, -0.25) is 14.3 Å². The number of nitrogens with zero attached hydrogens (tertiary/aromatic N) is 1. The summed E-state index contributed by atoms with van der Waals surface area (Å²) in [5, 5.41) is 3.03.